The third-order valence-corrected chi connectivity index (χ3v) is 5.31. The van der Waals surface area contributed by atoms with Crippen molar-refractivity contribution in [1.82, 2.24) is 0 Å². The summed E-state index contributed by atoms with van der Waals surface area (Å²) < 4.78 is 228. The van der Waals surface area contributed by atoms with Crippen molar-refractivity contribution in [2.45, 2.75) is 41.7 Å². The Hall–Kier alpha value is -3.01. The standard InChI is InChI=1S/C17H4BrF17O5/c18-6-4(10(38)39)1-3(9(36)37)2-5(6)40-8(20)7(19)11(21,22)12(23,24)13(25,26)14(27,28)15(29,30)16(31,32)17(33,34)35/h1-2H,(H,36,37)(H,38,39). The Morgan fingerprint density at radius 2 is 1.05 bits per heavy atom. The first kappa shape index (κ1) is 35.0. The monoisotopic (exact) mass is 690 g/mol. The molecule has 0 amide bonds. The molecule has 0 fully saturated rings. The van der Waals surface area contributed by atoms with Gasteiger partial charge in [0.25, 0.3) is 0 Å². The number of carboxylic acid groups (broad SMARTS) is 2. The Balaban J connectivity index is 3.76. The molecule has 1 aromatic carbocycles. The van der Waals surface area contributed by atoms with Gasteiger partial charge in [-0.15, -0.1) is 0 Å². The van der Waals surface area contributed by atoms with Crippen LogP contribution < -0.4 is 4.74 Å². The fraction of sp³-hybridized carbons (Fsp3) is 0.412. The first-order valence-corrected chi connectivity index (χ1v) is 9.61. The maximum atomic E-state index is 13.9. The third-order valence-electron chi connectivity index (χ3n) is 4.49. The largest absolute Gasteiger partial charge is 0.478 e. The van der Waals surface area contributed by atoms with E-state index in [1.54, 1.807) is 0 Å². The first-order valence-electron chi connectivity index (χ1n) is 8.82. The van der Waals surface area contributed by atoms with E-state index in [9.17, 15) is 84.2 Å². The summed E-state index contributed by atoms with van der Waals surface area (Å²) in [5.74, 6) is -61.3. The van der Waals surface area contributed by atoms with Crippen molar-refractivity contribution >= 4 is 27.9 Å². The number of allylic oxidation sites excluding steroid dienone is 1. The predicted molar refractivity (Wildman–Crippen MR) is 93.7 cm³/mol. The highest BCUT2D eigenvalue weighted by Gasteiger charge is 2.93. The van der Waals surface area contributed by atoms with Crippen molar-refractivity contribution in [2.24, 2.45) is 0 Å². The molecule has 0 aromatic heterocycles. The number of hydrogen-bond donors (Lipinski definition) is 2. The molecule has 23 heteroatoms. The second kappa shape index (κ2) is 10.1. The van der Waals surface area contributed by atoms with Gasteiger partial charge in [-0.25, -0.2) is 9.59 Å². The predicted octanol–water partition coefficient (Wildman–Crippen LogP) is 7.71. The van der Waals surface area contributed by atoms with Gasteiger partial charge in [0, 0.05) is 0 Å². The molecule has 0 bridgehead atoms. The van der Waals surface area contributed by atoms with E-state index in [4.69, 9.17) is 10.2 Å². The summed E-state index contributed by atoms with van der Waals surface area (Å²) in [4.78, 5) is 22.0. The summed E-state index contributed by atoms with van der Waals surface area (Å²) in [5.41, 5.74) is -2.49. The molecule has 0 unspecified atom stereocenters. The van der Waals surface area contributed by atoms with Crippen LogP contribution in [0.2, 0.25) is 0 Å². The minimum atomic E-state index is -8.77. The average Bonchev–Trinajstić information content (AvgIpc) is 2.77. The molecule has 0 saturated heterocycles. The molecule has 2 N–H and O–H groups in total. The van der Waals surface area contributed by atoms with Crippen molar-refractivity contribution in [1.29, 1.82) is 0 Å². The van der Waals surface area contributed by atoms with Gasteiger partial charge in [0.15, 0.2) is 0 Å². The van der Waals surface area contributed by atoms with Crippen LogP contribution in [0.1, 0.15) is 20.7 Å². The highest BCUT2D eigenvalue weighted by atomic mass is 79.9. The molecule has 1 rings (SSSR count). The van der Waals surface area contributed by atoms with Crippen molar-refractivity contribution in [2.75, 3.05) is 0 Å². The number of benzene rings is 1. The summed E-state index contributed by atoms with van der Waals surface area (Å²) in [5, 5.41) is 17.7. The van der Waals surface area contributed by atoms with E-state index in [1.807, 2.05) is 0 Å². The van der Waals surface area contributed by atoms with Crippen LogP contribution in [0.25, 0.3) is 0 Å². The van der Waals surface area contributed by atoms with Crippen LogP contribution >= 0.6 is 15.9 Å². The van der Waals surface area contributed by atoms with Gasteiger partial charge in [0.1, 0.15) is 5.75 Å². The molecule has 0 saturated carbocycles. The number of ether oxygens (including phenoxy) is 1. The minimum Gasteiger partial charge on any atom is -0.478 e. The van der Waals surface area contributed by atoms with Crippen LogP contribution in [0.15, 0.2) is 28.4 Å². The maximum Gasteiger partial charge on any atom is 0.460 e. The summed E-state index contributed by atoms with van der Waals surface area (Å²) in [7, 11) is 0. The van der Waals surface area contributed by atoms with E-state index in [1.165, 1.54) is 0 Å². The molecule has 228 valence electrons. The zero-order valence-electron chi connectivity index (χ0n) is 17.6. The minimum absolute atomic E-state index is 0.0372. The lowest BCUT2D eigenvalue weighted by molar-refractivity contribution is -0.451. The van der Waals surface area contributed by atoms with Gasteiger partial charge in [-0.2, -0.15) is 74.6 Å². The van der Waals surface area contributed by atoms with Crippen molar-refractivity contribution in [3.8, 4) is 5.75 Å². The van der Waals surface area contributed by atoms with Gasteiger partial charge >= 0.3 is 59.7 Å². The lowest BCUT2D eigenvalue weighted by Crippen LogP contribution is -2.72. The zero-order valence-corrected chi connectivity index (χ0v) is 19.2. The lowest BCUT2D eigenvalue weighted by atomic mass is 9.91. The van der Waals surface area contributed by atoms with Gasteiger partial charge in [-0.05, 0) is 28.1 Å². The number of hydrogen-bond acceptors (Lipinski definition) is 3. The first-order chi connectivity index (χ1) is 17.4. The second-order valence-corrected chi connectivity index (χ2v) is 7.87. The van der Waals surface area contributed by atoms with Crippen LogP contribution in [0.3, 0.4) is 0 Å². The quantitative estimate of drug-likeness (QED) is 0.194. The van der Waals surface area contributed by atoms with Crippen LogP contribution in [-0.4, -0.2) is 63.9 Å². The fourth-order valence-electron chi connectivity index (χ4n) is 2.32. The molecular weight excluding hydrogens is 687 g/mol. The highest BCUT2D eigenvalue weighted by Crippen LogP contribution is 2.63. The normalized spacial score (nSPS) is 15.1. The maximum absolute atomic E-state index is 13.9. The van der Waals surface area contributed by atoms with Crippen molar-refractivity contribution < 1.29 is 99.2 Å². The van der Waals surface area contributed by atoms with Crippen molar-refractivity contribution in [3.05, 3.63) is 39.6 Å². The molecule has 0 radical (unpaired) electrons. The number of rotatable bonds is 10. The van der Waals surface area contributed by atoms with E-state index < -0.39 is 86.8 Å². The van der Waals surface area contributed by atoms with Gasteiger partial charge < -0.3 is 14.9 Å². The number of carbonyl (C=O) groups is 2. The summed E-state index contributed by atoms with van der Waals surface area (Å²) in [6.45, 7) is 0. The van der Waals surface area contributed by atoms with E-state index in [0.717, 1.165) is 0 Å². The van der Waals surface area contributed by atoms with E-state index in [2.05, 4.69) is 20.7 Å². The van der Waals surface area contributed by atoms with Gasteiger partial charge in [-0.1, -0.05) is 0 Å². The number of aromatic carboxylic acids is 2. The molecule has 5 nitrogen and oxygen atoms in total. The summed E-state index contributed by atoms with van der Waals surface area (Å²) in [6.07, 6.45) is -7.87. The summed E-state index contributed by atoms with van der Waals surface area (Å²) >= 11 is 2.24. The SMILES string of the molecule is O=C(O)c1cc(OC(F)=C(F)C(F)(F)C(F)(F)C(F)(F)C(F)(F)C(F)(F)C(F)(F)C(F)(F)F)c(Br)c(C(=O)O)c1. The molecule has 0 aliphatic rings. The highest BCUT2D eigenvalue weighted by molar-refractivity contribution is 9.10. The summed E-state index contributed by atoms with van der Waals surface area (Å²) in [6, 6.07) is -3.66. The second-order valence-electron chi connectivity index (χ2n) is 7.08. The molecule has 40 heavy (non-hydrogen) atoms. The zero-order chi connectivity index (χ0) is 32.2. The van der Waals surface area contributed by atoms with Crippen LogP contribution in [-0.2, 0) is 0 Å². The number of halogens is 18. The van der Waals surface area contributed by atoms with Gasteiger partial charge in [0.2, 0.25) is 5.83 Å². The lowest BCUT2D eigenvalue weighted by Gasteiger charge is -2.41. The third kappa shape index (κ3) is 5.10. The van der Waals surface area contributed by atoms with Gasteiger partial charge in [0.05, 0.1) is 15.6 Å². The van der Waals surface area contributed by atoms with Crippen LogP contribution in [0.4, 0.5) is 74.6 Å². The van der Waals surface area contributed by atoms with E-state index in [0.29, 0.717) is 0 Å². The van der Waals surface area contributed by atoms with Crippen molar-refractivity contribution in [3.63, 3.8) is 0 Å². The van der Waals surface area contributed by atoms with E-state index >= 15 is 0 Å². The Kier molecular flexibility index (Phi) is 8.86. The fourth-order valence-corrected chi connectivity index (χ4v) is 2.80. The molecule has 0 spiro atoms. The molecular formula is C17H4BrF17O5. The van der Waals surface area contributed by atoms with Crippen LogP contribution in [0.5, 0.6) is 5.75 Å². The Morgan fingerprint density at radius 1 is 0.650 bits per heavy atom. The Morgan fingerprint density at radius 3 is 1.43 bits per heavy atom. The topological polar surface area (TPSA) is 83.8 Å². The molecule has 0 heterocycles. The number of alkyl halides is 15. The van der Waals surface area contributed by atoms with E-state index in [-0.39, 0.29) is 12.1 Å². The number of carboxylic acids is 2. The Bertz CT molecular complexity index is 1220. The smallest absolute Gasteiger partial charge is 0.460 e. The van der Waals surface area contributed by atoms with Gasteiger partial charge in [-0.3, -0.25) is 0 Å². The molecule has 1 aromatic rings. The molecule has 0 aliphatic carbocycles. The average molecular weight is 691 g/mol. The molecule has 0 atom stereocenters. The Labute approximate surface area is 214 Å². The molecule has 0 aliphatic heterocycles. The van der Waals surface area contributed by atoms with Crippen LogP contribution in [0, 0.1) is 0 Å².